The van der Waals surface area contributed by atoms with E-state index in [2.05, 4.69) is 10.6 Å². The van der Waals surface area contributed by atoms with E-state index in [1.54, 1.807) is 18.2 Å². The molecule has 0 unspecified atom stereocenters. The molecule has 128 valence electrons. The smallest absolute Gasteiger partial charge is 0.293 e. The number of imide groups is 1. The maximum Gasteiger partial charge on any atom is 0.293 e. The summed E-state index contributed by atoms with van der Waals surface area (Å²) < 4.78 is 12.9. The Hall–Kier alpha value is -1.93. The molecule has 0 radical (unpaired) electrons. The van der Waals surface area contributed by atoms with Crippen molar-refractivity contribution in [1.82, 2.24) is 15.5 Å². The van der Waals surface area contributed by atoms with Crippen LogP contribution in [0.1, 0.15) is 18.9 Å². The lowest BCUT2D eigenvalue weighted by Gasteiger charge is -2.14. The molecule has 2 N–H and O–H groups in total. The van der Waals surface area contributed by atoms with Crippen molar-refractivity contribution in [2.75, 3.05) is 19.6 Å². The van der Waals surface area contributed by atoms with Gasteiger partial charge in [-0.2, -0.15) is 0 Å². The number of thioether (sulfide) groups is 1. The van der Waals surface area contributed by atoms with E-state index >= 15 is 0 Å². The summed E-state index contributed by atoms with van der Waals surface area (Å²) in [5.41, 5.74) is 0.671. The first-order valence-corrected chi connectivity index (χ1v) is 8.76. The minimum atomic E-state index is -0.348. The number of amides is 2. The Labute approximate surface area is 149 Å². The second-order valence-electron chi connectivity index (χ2n) is 5.07. The van der Waals surface area contributed by atoms with Gasteiger partial charge in [0.25, 0.3) is 11.1 Å². The highest BCUT2D eigenvalue weighted by atomic mass is 32.2. The van der Waals surface area contributed by atoms with Gasteiger partial charge < -0.3 is 10.6 Å². The van der Waals surface area contributed by atoms with Gasteiger partial charge >= 0.3 is 0 Å². The van der Waals surface area contributed by atoms with Crippen LogP contribution in [-0.2, 0) is 4.79 Å². The molecule has 0 bridgehead atoms. The minimum absolute atomic E-state index is 0.235. The molecular weight excluding hydrogens is 349 g/mol. The van der Waals surface area contributed by atoms with E-state index in [4.69, 9.17) is 12.2 Å². The van der Waals surface area contributed by atoms with E-state index < -0.39 is 0 Å². The summed E-state index contributed by atoms with van der Waals surface area (Å²) in [5.74, 6) is -0.692. The number of nitrogens with one attached hydrogen (secondary N) is 2. The molecule has 0 atom stereocenters. The van der Waals surface area contributed by atoms with Gasteiger partial charge in [-0.3, -0.25) is 14.5 Å². The van der Waals surface area contributed by atoms with Gasteiger partial charge in [0.05, 0.1) is 4.91 Å². The third kappa shape index (κ3) is 5.04. The van der Waals surface area contributed by atoms with Gasteiger partial charge in [-0.1, -0.05) is 19.1 Å². The molecule has 1 aromatic rings. The number of carbonyl (C=O) groups is 2. The zero-order chi connectivity index (χ0) is 17.5. The van der Waals surface area contributed by atoms with Crippen LogP contribution in [-0.4, -0.2) is 40.8 Å². The van der Waals surface area contributed by atoms with E-state index in [1.165, 1.54) is 17.0 Å². The van der Waals surface area contributed by atoms with Crippen molar-refractivity contribution in [3.05, 3.63) is 40.6 Å². The largest absolute Gasteiger partial charge is 0.363 e. The Bertz CT molecular complexity index is 662. The maximum atomic E-state index is 12.9. The van der Waals surface area contributed by atoms with Crippen LogP contribution in [0.5, 0.6) is 0 Å². The van der Waals surface area contributed by atoms with Crippen molar-refractivity contribution in [2.45, 2.75) is 13.3 Å². The summed E-state index contributed by atoms with van der Waals surface area (Å²) in [6.45, 7) is 3.42. The fraction of sp³-hybridized carbons (Fsp3) is 0.312. The molecule has 5 nitrogen and oxygen atoms in total. The molecule has 1 saturated heterocycles. The molecule has 2 amide bonds. The summed E-state index contributed by atoms with van der Waals surface area (Å²) in [7, 11) is 0. The van der Waals surface area contributed by atoms with Crippen LogP contribution in [0.15, 0.2) is 29.2 Å². The van der Waals surface area contributed by atoms with Gasteiger partial charge in [0.2, 0.25) is 0 Å². The van der Waals surface area contributed by atoms with Gasteiger partial charge in [-0.25, -0.2) is 4.39 Å². The average molecular weight is 367 g/mol. The van der Waals surface area contributed by atoms with E-state index in [0.29, 0.717) is 22.1 Å². The van der Waals surface area contributed by atoms with Gasteiger partial charge in [0, 0.05) is 19.6 Å². The van der Waals surface area contributed by atoms with Crippen LogP contribution in [0.25, 0.3) is 6.08 Å². The number of halogens is 1. The summed E-state index contributed by atoms with van der Waals surface area (Å²) in [5, 5.41) is 6.16. The van der Waals surface area contributed by atoms with E-state index in [-0.39, 0.29) is 23.5 Å². The number of nitrogens with zero attached hydrogens (tertiary/aromatic N) is 1. The number of hydrogen-bond donors (Lipinski definition) is 2. The van der Waals surface area contributed by atoms with Crippen LogP contribution in [0, 0.1) is 5.82 Å². The molecular formula is C16H18FN3O2S2. The third-order valence-electron chi connectivity index (χ3n) is 3.20. The first kappa shape index (κ1) is 18.4. The van der Waals surface area contributed by atoms with Crippen LogP contribution in [0.3, 0.4) is 0 Å². The summed E-state index contributed by atoms with van der Waals surface area (Å²) in [4.78, 5) is 25.8. The monoisotopic (exact) mass is 367 g/mol. The van der Waals surface area contributed by atoms with Crippen molar-refractivity contribution in [3.8, 4) is 0 Å². The van der Waals surface area contributed by atoms with E-state index in [0.717, 1.165) is 24.7 Å². The topological polar surface area (TPSA) is 61.4 Å². The predicted molar refractivity (Wildman–Crippen MR) is 98.0 cm³/mol. The molecule has 0 spiro atoms. The van der Waals surface area contributed by atoms with Gasteiger partial charge in [0.1, 0.15) is 5.82 Å². The second kappa shape index (κ2) is 8.79. The average Bonchev–Trinajstić information content (AvgIpc) is 2.82. The minimum Gasteiger partial charge on any atom is -0.363 e. The Morgan fingerprint density at radius 1 is 1.25 bits per heavy atom. The molecule has 2 rings (SSSR count). The van der Waals surface area contributed by atoms with E-state index in [1.807, 2.05) is 6.92 Å². The van der Waals surface area contributed by atoms with Crippen molar-refractivity contribution in [2.24, 2.45) is 0 Å². The van der Waals surface area contributed by atoms with Crippen molar-refractivity contribution in [3.63, 3.8) is 0 Å². The quantitative estimate of drug-likeness (QED) is 0.596. The zero-order valence-corrected chi connectivity index (χ0v) is 14.8. The lowest BCUT2D eigenvalue weighted by Crippen LogP contribution is -2.41. The van der Waals surface area contributed by atoms with Crippen LogP contribution in [0.4, 0.5) is 9.18 Å². The fourth-order valence-corrected chi connectivity index (χ4v) is 3.05. The third-order valence-corrected chi connectivity index (χ3v) is 4.39. The molecule has 24 heavy (non-hydrogen) atoms. The normalized spacial score (nSPS) is 15.9. The molecule has 1 aliphatic rings. The highest BCUT2D eigenvalue weighted by molar-refractivity contribution is 8.18. The Morgan fingerprint density at radius 2 is 1.92 bits per heavy atom. The number of rotatable bonds is 6. The first-order chi connectivity index (χ1) is 11.5. The molecule has 8 heteroatoms. The molecule has 0 saturated carbocycles. The van der Waals surface area contributed by atoms with Crippen molar-refractivity contribution in [1.29, 1.82) is 0 Å². The molecule has 1 heterocycles. The highest BCUT2D eigenvalue weighted by Gasteiger charge is 2.34. The Morgan fingerprint density at radius 3 is 2.58 bits per heavy atom. The van der Waals surface area contributed by atoms with Crippen molar-refractivity contribution >= 4 is 46.3 Å². The lowest BCUT2D eigenvalue weighted by molar-refractivity contribution is -0.122. The lowest BCUT2D eigenvalue weighted by atomic mass is 10.2. The molecule has 0 aromatic heterocycles. The molecule has 0 aliphatic carbocycles. The van der Waals surface area contributed by atoms with Gasteiger partial charge in [-0.15, -0.1) is 0 Å². The highest BCUT2D eigenvalue weighted by Crippen LogP contribution is 2.31. The molecule has 1 aliphatic heterocycles. The predicted octanol–water partition coefficient (Wildman–Crippen LogP) is 2.74. The summed E-state index contributed by atoms with van der Waals surface area (Å²) in [6, 6.07) is 5.74. The number of carbonyl (C=O) groups excluding carboxylic acids is 2. The van der Waals surface area contributed by atoms with Crippen LogP contribution in [0.2, 0.25) is 0 Å². The SMILES string of the molecule is CCCNC(=S)NCCN1C(=O)S/C(=C\c2ccc(F)cc2)C1=O. The maximum absolute atomic E-state index is 12.9. The van der Waals surface area contributed by atoms with Crippen molar-refractivity contribution < 1.29 is 14.0 Å². The summed E-state index contributed by atoms with van der Waals surface area (Å²) >= 11 is 5.96. The van der Waals surface area contributed by atoms with Gasteiger partial charge in [-0.05, 0) is 54.2 Å². The first-order valence-electron chi connectivity index (χ1n) is 7.54. The Balaban J connectivity index is 1.91. The standard InChI is InChI=1S/C16H18FN3O2S2/c1-2-7-18-15(23)19-8-9-20-14(21)13(24-16(20)22)10-11-3-5-12(17)6-4-11/h3-6,10H,2,7-9H2,1H3,(H2,18,19,23)/b13-10-. The van der Waals surface area contributed by atoms with Crippen LogP contribution < -0.4 is 10.6 Å². The summed E-state index contributed by atoms with van der Waals surface area (Å²) in [6.07, 6.45) is 2.55. The van der Waals surface area contributed by atoms with E-state index in [9.17, 15) is 14.0 Å². The number of benzene rings is 1. The number of hydrogen-bond acceptors (Lipinski definition) is 4. The number of thiocarbonyl (C=S) groups is 1. The molecule has 1 fully saturated rings. The van der Waals surface area contributed by atoms with Gasteiger partial charge in [0.15, 0.2) is 5.11 Å². The second-order valence-corrected chi connectivity index (χ2v) is 6.47. The zero-order valence-electron chi connectivity index (χ0n) is 13.2. The Kier molecular flexibility index (Phi) is 6.74. The fourth-order valence-electron chi connectivity index (χ4n) is 1.99. The molecule has 1 aromatic carbocycles. The van der Waals surface area contributed by atoms with Crippen LogP contribution >= 0.6 is 24.0 Å².